The quantitative estimate of drug-likeness (QED) is 0.772. The summed E-state index contributed by atoms with van der Waals surface area (Å²) in [6.45, 7) is 1.92. The highest BCUT2D eigenvalue weighted by Crippen LogP contribution is 2.34. The van der Waals surface area contributed by atoms with Crippen molar-refractivity contribution in [2.75, 3.05) is 18.1 Å². The lowest BCUT2D eigenvalue weighted by Crippen LogP contribution is -2.38. The van der Waals surface area contributed by atoms with Crippen molar-refractivity contribution in [1.82, 2.24) is 0 Å². The zero-order valence-electron chi connectivity index (χ0n) is 13.3. The number of fused-ring (bicyclic) bond motifs is 1. The van der Waals surface area contributed by atoms with Crippen LogP contribution in [0.2, 0.25) is 0 Å². The number of hydrogen-bond donors (Lipinski definition) is 0. The van der Waals surface area contributed by atoms with Crippen LogP contribution < -0.4 is 9.64 Å². The predicted octanol–water partition coefficient (Wildman–Crippen LogP) is 3.95. The number of alkyl halides is 3. The summed E-state index contributed by atoms with van der Waals surface area (Å²) in [5.74, 6) is -0.147. The predicted molar refractivity (Wildman–Crippen MR) is 85.1 cm³/mol. The van der Waals surface area contributed by atoms with Crippen molar-refractivity contribution in [1.29, 1.82) is 0 Å². The number of carbonyl (C=O) groups excluding carboxylic acids is 2. The van der Waals surface area contributed by atoms with Gasteiger partial charge in [0.25, 0.3) is 5.91 Å². The molecule has 3 rings (SSSR count). The average molecular weight is 349 g/mol. The van der Waals surface area contributed by atoms with Crippen molar-refractivity contribution in [2.45, 2.75) is 13.1 Å². The number of carbonyl (C=O) groups is 2. The molecule has 0 spiro atoms. The standard InChI is InChI=1S/C18H14F3NO3/c1-11(23)13-4-7-16-15(10-13)22(8-9-25-16)17(24)12-2-5-14(6-3-12)18(19,20)21/h2-7,10H,8-9H2,1H3. The van der Waals surface area contributed by atoms with E-state index in [9.17, 15) is 22.8 Å². The molecular weight excluding hydrogens is 335 g/mol. The van der Waals surface area contributed by atoms with Gasteiger partial charge in [-0.25, -0.2) is 0 Å². The van der Waals surface area contributed by atoms with Gasteiger partial charge in [0.05, 0.1) is 17.8 Å². The molecule has 25 heavy (non-hydrogen) atoms. The third-order valence-electron chi connectivity index (χ3n) is 3.93. The Labute approximate surface area is 141 Å². The number of ether oxygens (including phenoxy) is 1. The summed E-state index contributed by atoms with van der Waals surface area (Å²) < 4.78 is 43.4. The van der Waals surface area contributed by atoms with E-state index in [0.717, 1.165) is 24.3 Å². The van der Waals surface area contributed by atoms with E-state index >= 15 is 0 Å². The smallest absolute Gasteiger partial charge is 0.416 e. The summed E-state index contributed by atoms with van der Waals surface area (Å²) in [7, 11) is 0. The second-order valence-corrected chi connectivity index (χ2v) is 5.62. The highest BCUT2D eigenvalue weighted by atomic mass is 19.4. The van der Waals surface area contributed by atoms with Crippen LogP contribution in [0.4, 0.5) is 18.9 Å². The van der Waals surface area contributed by atoms with Gasteiger partial charge in [-0.2, -0.15) is 13.2 Å². The van der Waals surface area contributed by atoms with Crippen LogP contribution in [0, 0.1) is 0 Å². The van der Waals surface area contributed by atoms with Crippen LogP contribution in [-0.4, -0.2) is 24.8 Å². The zero-order valence-corrected chi connectivity index (χ0v) is 13.3. The molecule has 1 aliphatic heterocycles. The summed E-state index contributed by atoms with van der Waals surface area (Å²) >= 11 is 0. The molecule has 1 heterocycles. The molecule has 130 valence electrons. The van der Waals surface area contributed by atoms with Gasteiger partial charge < -0.3 is 9.64 Å². The summed E-state index contributed by atoms with van der Waals surface area (Å²) in [5, 5.41) is 0. The molecule has 0 atom stereocenters. The Morgan fingerprint density at radius 3 is 2.28 bits per heavy atom. The molecule has 1 amide bonds. The first-order chi connectivity index (χ1) is 11.8. The topological polar surface area (TPSA) is 46.6 Å². The monoisotopic (exact) mass is 349 g/mol. The minimum Gasteiger partial charge on any atom is -0.490 e. The molecule has 0 saturated heterocycles. The lowest BCUT2D eigenvalue weighted by Gasteiger charge is -2.30. The fourth-order valence-corrected chi connectivity index (χ4v) is 2.61. The Morgan fingerprint density at radius 2 is 1.68 bits per heavy atom. The first-order valence-electron chi connectivity index (χ1n) is 7.54. The van der Waals surface area contributed by atoms with Gasteiger partial charge in [0.15, 0.2) is 5.78 Å². The Bertz CT molecular complexity index is 828. The molecule has 4 nitrogen and oxygen atoms in total. The molecule has 0 saturated carbocycles. The van der Waals surface area contributed by atoms with E-state index in [1.54, 1.807) is 18.2 Å². The molecule has 7 heteroatoms. The third kappa shape index (κ3) is 3.35. The first-order valence-corrected chi connectivity index (χ1v) is 7.54. The van der Waals surface area contributed by atoms with Gasteiger partial charge in [0.1, 0.15) is 12.4 Å². The summed E-state index contributed by atoms with van der Waals surface area (Å²) in [4.78, 5) is 25.7. The molecule has 0 unspecified atom stereocenters. The minimum atomic E-state index is -4.45. The molecule has 0 bridgehead atoms. The normalized spacial score (nSPS) is 13.8. The van der Waals surface area contributed by atoms with Crippen molar-refractivity contribution >= 4 is 17.4 Å². The van der Waals surface area contributed by atoms with Gasteiger partial charge in [0.2, 0.25) is 0 Å². The van der Waals surface area contributed by atoms with Crippen LogP contribution in [0.1, 0.15) is 33.2 Å². The largest absolute Gasteiger partial charge is 0.490 e. The number of rotatable bonds is 2. The Balaban J connectivity index is 1.94. The van der Waals surface area contributed by atoms with E-state index in [1.807, 2.05) is 0 Å². The number of hydrogen-bond acceptors (Lipinski definition) is 3. The Kier molecular flexibility index (Phi) is 4.24. The number of ketones is 1. The Hall–Kier alpha value is -2.83. The van der Waals surface area contributed by atoms with Crippen molar-refractivity contribution < 1.29 is 27.5 Å². The van der Waals surface area contributed by atoms with E-state index in [2.05, 4.69) is 0 Å². The number of amides is 1. The first kappa shape index (κ1) is 17.0. The van der Waals surface area contributed by atoms with Gasteiger partial charge in [-0.05, 0) is 49.4 Å². The fraction of sp³-hybridized carbons (Fsp3) is 0.222. The molecule has 2 aromatic rings. The zero-order chi connectivity index (χ0) is 18.2. The molecular formula is C18H14F3NO3. The molecule has 0 radical (unpaired) electrons. The summed E-state index contributed by atoms with van der Waals surface area (Å²) in [5.41, 5.74) is 0.178. The van der Waals surface area contributed by atoms with Crippen molar-refractivity contribution in [2.24, 2.45) is 0 Å². The van der Waals surface area contributed by atoms with Crippen molar-refractivity contribution in [3.8, 4) is 5.75 Å². The van der Waals surface area contributed by atoms with Crippen LogP contribution in [0.5, 0.6) is 5.75 Å². The van der Waals surface area contributed by atoms with Crippen molar-refractivity contribution in [3.05, 3.63) is 59.2 Å². The summed E-state index contributed by atoms with van der Waals surface area (Å²) in [6.07, 6.45) is -4.45. The van der Waals surface area contributed by atoms with E-state index in [4.69, 9.17) is 4.74 Å². The SMILES string of the molecule is CC(=O)c1ccc2c(c1)N(C(=O)c1ccc(C(F)(F)F)cc1)CCO2. The molecule has 0 N–H and O–H groups in total. The molecule has 2 aromatic carbocycles. The maximum atomic E-state index is 12.7. The molecule has 0 aromatic heterocycles. The highest BCUT2D eigenvalue weighted by Gasteiger charge is 2.31. The molecule has 0 aliphatic carbocycles. The number of anilines is 1. The second kappa shape index (κ2) is 6.23. The minimum absolute atomic E-state index is 0.133. The van der Waals surface area contributed by atoms with E-state index < -0.39 is 17.6 Å². The van der Waals surface area contributed by atoms with Gasteiger partial charge in [-0.15, -0.1) is 0 Å². The Morgan fingerprint density at radius 1 is 1.04 bits per heavy atom. The number of nitrogens with zero attached hydrogens (tertiary/aromatic N) is 1. The maximum absolute atomic E-state index is 12.7. The van der Waals surface area contributed by atoms with Gasteiger partial charge >= 0.3 is 6.18 Å². The highest BCUT2D eigenvalue weighted by molar-refractivity contribution is 6.08. The number of Topliss-reactive ketones (excluding diaryl/α,β-unsaturated/α-hetero) is 1. The van der Waals surface area contributed by atoms with Crippen LogP contribution in [0.3, 0.4) is 0 Å². The van der Waals surface area contributed by atoms with Crippen LogP contribution in [-0.2, 0) is 6.18 Å². The van der Waals surface area contributed by atoms with E-state index in [-0.39, 0.29) is 24.5 Å². The number of halogens is 3. The maximum Gasteiger partial charge on any atom is 0.416 e. The van der Waals surface area contributed by atoms with Crippen LogP contribution in [0.15, 0.2) is 42.5 Å². The number of benzene rings is 2. The fourth-order valence-electron chi connectivity index (χ4n) is 2.61. The van der Waals surface area contributed by atoms with Crippen LogP contribution in [0.25, 0.3) is 0 Å². The second-order valence-electron chi connectivity index (χ2n) is 5.62. The van der Waals surface area contributed by atoms with E-state index in [1.165, 1.54) is 11.8 Å². The lowest BCUT2D eigenvalue weighted by atomic mass is 10.1. The lowest BCUT2D eigenvalue weighted by molar-refractivity contribution is -0.137. The molecule has 1 aliphatic rings. The van der Waals surface area contributed by atoms with Gasteiger partial charge in [0, 0.05) is 11.1 Å². The molecule has 0 fully saturated rings. The van der Waals surface area contributed by atoms with Crippen molar-refractivity contribution in [3.63, 3.8) is 0 Å². The van der Waals surface area contributed by atoms with E-state index in [0.29, 0.717) is 17.0 Å². The third-order valence-corrected chi connectivity index (χ3v) is 3.93. The van der Waals surface area contributed by atoms with Gasteiger partial charge in [-0.1, -0.05) is 0 Å². The summed E-state index contributed by atoms with van der Waals surface area (Å²) in [6, 6.07) is 8.82. The van der Waals surface area contributed by atoms with Crippen LogP contribution >= 0.6 is 0 Å². The average Bonchev–Trinajstić information content (AvgIpc) is 2.59. The van der Waals surface area contributed by atoms with Gasteiger partial charge in [-0.3, -0.25) is 9.59 Å².